The van der Waals surface area contributed by atoms with Crippen LogP contribution in [0.4, 0.5) is 0 Å². The van der Waals surface area contributed by atoms with Gasteiger partial charge in [0.2, 0.25) is 0 Å². The van der Waals surface area contributed by atoms with Gasteiger partial charge in [0.15, 0.2) is 4.67 Å². The molecule has 0 aliphatic carbocycles. The second-order valence-corrected chi connectivity index (χ2v) is 5.35. The average Bonchev–Trinajstić information content (AvgIpc) is 2.84. The molecule has 0 aliphatic rings. The van der Waals surface area contributed by atoms with E-state index in [0.29, 0.717) is 0 Å². The molecule has 0 aliphatic heterocycles. The van der Waals surface area contributed by atoms with E-state index in [-0.39, 0.29) is 6.04 Å². The van der Waals surface area contributed by atoms with Crippen LogP contribution in [-0.2, 0) is 0 Å². The lowest BCUT2D eigenvalue weighted by Gasteiger charge is -2.15. The van der Waals surface area contributed by atoms with Crippen LogP contribution in [0, 0.1) is 0 Å². The van der Waals surface area contributed by atoms with Crippen LogP contribution in [0.15, 0.2) is 32.9 Å². The van der Waals surface area contributed by atoms with Crippen molar-refractivity contribution in [3.63, 3.8) is 0 Å². The Kier molecular flexibility index (Phi) is 4.08. The smallest absolute Gasteiger partial charge is 0.174 e. The Bertz CT molecular complexity index is 428. The first-order valence-corrected chi connectivity index (χ1v) is 6.98. The fourth-order valence-corrected chi connectivity index (χ4v) is 3.30. The van der Waals surface area contributed by atoms with Gasteiger partial charge in [-0.25, -0.2) is 0 Å². The second kappa shape index (κ2) is 5.36. The third kappa shape index (κ3) is 2.35. The molecule has 1 N–H and O–H groups in total. The van der Waals surface area contributed by atoms with Crippen molar-refractivity contribution in [3.05, 3.63) is 43.9 Å². The molecule has 0 radical (unpaired) electrons. The summed E-state index contributed by atoms with van der Waals surface area (Å²) in [7, 11) is 0. The lowest BCUT2D eigenvalue weighted by Crippen LogP contribution is -2.21. The minimum atomic E-state index is 0.0885. The zero-order valence-electron chi connectivity index (χ0n) is 8.67. The zero-order chi connectivity index (χ0) is 11.5. The van der Waals surface area contributed by atoms with E-state index in [0.717, 1.165) is 26.7 Å². The molecule has 1 atom stereocenters. The number of hydrogen-bond acceptors (Lipinski definition) is 3. The van der Waals surface area contributed by atoms with Crippen molar-refractivity contribution in [2.75, 3.05) is 6.54 Å². The molecule has 0 saturated heterocycles. The van der Waals surface area contributed by atoms with Crippen LogP contribution in [-0.4, -0.2) is 6.54 Å². The van der Waals surface area contributed by atoms with Crippen LogP contribution in [0.25, 0.3) is 0 Å². The first kappa shape index (κ1) is 12.2. The summed E-state index contributed by atoms with van der Waals surface area (Å²) < 4.78 is 6.02. The molecule has 0 saturated carbocycles. The van der Waals surface area contributed by atoms with Gasteiger partial charge < -0.3 is 9.73 Å². The van der Waals surface area contributed by atoms with Gasteiger partial charge in [-0.2, -0.15) is 0 Å². The molecule has 0 aromatic carbocycles. The molecule has 16 heavy (non-hydrogen) atoms. The van der Waals surface area contributed by atoms with Gasteiger partial charge in [0.05, 0.1) is 17.3 Å². The van der Waals surface area contributed by atoms with Gasteiger partial charge >= 0.3 is 0 Å². The SMILES string of the molecule is CCNC(c1ccoc1Br)c1sccc1Cl. The molecule has 2 nitrogen and oxygen atoms in total. The Morgan fingerprint density at radius 1 is 1.56 bits per heavy atom. The van der Waals surface area contributed by atoms with Gasteiger partial charge in [0.25, 0.3) is 0 Å². The van der Waals surface area contributed by atoms with Crippen molar-refractivity contribution < 1.29 is 4.42 Å². The Labute approximate surface area is 112 Å². The summed E-state index contributed by atoms with van der Waals surface area (Å²) in [6, 6.07) is 3.96. The average molecular weight is 321 g/mol. The predicted molar refractivity (Wildman–Crippen MR) is 71.3 cm³/mol. The van der Waals surface area contributed by atoms with E-state index >= 15 is 0 Å². The minimum Gasteiger partial charge on any atom is -0.457 e. The summed E-state index contributed by atoms with van der Waals surface area (Å²) in [5, 5.41) is 6.20. The van der Waals surface area contributed by atoms with E-state index in [4.69, 9.17) is 16.0 Å². The monoisotopic (exact) mass is 319 g/mol. The molecule has 2 rings (SSSR count). The second-order valence-electron chi connectivity index (χ2n) is 3.27. The number of nitrogens with one attached hydrogen (secondary N) is 1. The first-order valence-electron chi connectivity index (χ1n) is 4.93. The quantitative estimate of drug-likeness (QED) is 0.900. The van der Waals surface area contributed by atoms with Crippen molar-refractivity contribution in [1.29, 1.82) is 0 Å². The molecule has 2 aromatic heterocycles. The molecule has 2 aromatic rings. The Morgan fingerprint density at radius 2 is 2.38 bits per heavy atom. The molecular weight excluding hydrogens is 310 g/mol. The van der Waals surface area contributed by atoms with E-state index in [9.17, 15) is 0 Å². The zero-order valence-corrected chi connectivity index (χ0v) is 11.8. The summed E-state index contributed by atoms with van der Waals surface area (Å²) in [6.07, 6.45) is 1.67. The highest BCUT2D eigenvalue weighted by molar-refractivity contribution is 9.10. The third-order valence-corrected chi connectivity index (χ3v) is 4.34. The van der Waals surface area contributed by atoms with Crippen molar-refractivity contribution in [3.8, 4) is 0 Å². The Morgan fingerprint density at radius 3 is 2.88 bits per heavy atom. The number of halogens is 2. The third-order valence-electron chi connectivity index (χ3n) is 2.27. The van der Waals surface area contributed by atoms with Crippen molar-refractivity contribution >= 4 is 38.9 Å². The van der Waals surface area contributed by atoms with Crippen LogP contribution in [0.2, 0.25) is 5.02 Å². The lowest BCUT2D eigenvalue weighted by atomic mass is 10.1. The van der Waals surface area contributed by atoms with Crippen LogP contribution in [0.5, 0.6) is 0 Å². The van der Waals surface area contributed by atoms with Crippen molar-refractivity contribution in [1.82, 2.24) is 5.32 Å². The minimum absolute atomic E-state index is 0.0885. The summed E-state index contributed by atoms with van der Waals surface area (Å²) in [5.74, 6) is 0. The molecule has 0 spiro atoms. The number of hydrogen-bond donors (Lipinski definition) is 1. The van der Waals surface area contributed by atoms with Crippen molar-refractivity contribution in [2.24, 2.45) is 0 Å². The van der Waals surface area contributed by atoms with E-state index in [1.165, 1.54) is 0 Å². The fraction of sp³-hybridized carbons (Fsp3) is 0.273. The van der Waals surface area contributed by atoms with E-state index in [1.54, 1.807) is 17.6 Å². The van der Waals surface area contributed by atoms with Crippen LogP contribution in [0.3, 0.4) is 0 Å². The van der Waals surface area contributed by atoms with Gasteiger partial charge in [0.1, 0.15) is 0 Å². The summed E-state index contributed by atoms with van der Waals surface area (Å²) >= 11 is 11.2. The van der Waals surface area contributed by atoms with Gasteiger partial charge in [-0.05, 0) is 40.0 Å². The van der Waals surface area contributed by atoms with Gasteiger partial charge in [-0.15, -0.1) is 11.3 Å². The molecule has 5 heteroatoms. The highest BCUT2D eigenvalue weighted by Crippen LogP contribution is 2.36. The Balaban J connectivity index is 2.39. The van der Waals surface area contributed by atoms with Gasteiger partial charge in [-0.3, -0.25) is 0 Å². The number of furan rings is 1. The topological polar surface area (TPSA) is 25.2 Å². The Hall–Kier alpha value is -0.290. The van der Waals surface area contributed by atoms with E-state index in [2.05, 4.69) is 28.2 Å². The maximum atomic E-state index is 6.16. The van der Waals surface area contributed by atoms with Crippen LogP contribution < -0.4 is 5.32 Å². The highest BCUT2D eigenvalue weighted by Gasteiger charge is 2.21. The van der Waals surface area contributed by atoms with Gasteiger partial charge in [-0.1, -0.05) is 18.5 Å². The lowest BCUT2D eigenvalue weighted by molar-refractivity contribution is 0.527. The molecule has 0 fully saturated rings. The standard InChI is InChI=1S/C11H11BrClNOS/c1-2-14-9(7-3-5-15-11(7)12)10-8(13)4-6-16-10/h3-6,9,14H,2H2,1H3. The summed E-state index contributed by atoms with van der Waals surface area (Å²) in [6.45, 7) is 2.94. The fourth-order valence-electron chi connectivity index (χ4n) is 1.57. The number of rotatable bonds is 4. The summed E-state index contributed by atoms with van der Waals surface area (Å²) in [5.41, 5.74) is 1.08. The van der Waals surface area contributed by atoms with Crippen LogP contribution >= 0.6 is 38.9 Å². The van der Waals surface area contributed by atoms with Gasteiger partial charge in [0, 0.05) is 10.4 Å². The maximum Gasteiger partial charge on any atom is 0.174 e. The van der Waals surface area contributed by atoms with E-state index < -0.39 is 0 Å². The van der Waals surface area contributed by atoms with Crippen molar-refractivity contribution in [2.45, 2.75) is 13.0 Å². The molecule has 0 bridgehead atoms. The van der Waals surface area contributed by atoms with E-state index in [1.807, 2.05) is 17.5 Å². The van der Waals surface area contributed by atoms with Crippen LogP contribution in [0.1, 0.15) is 23.4 Å². The molecular formula is C11H11BrClNOS. The predicted octanol–water partition coefficient (Wildman–Crippen LogP) is 4.46. The summed E-state index contributed by atoms with van der Waals surface area (Å²) in [4.78, 5) is 1.12. The first-order chi connectivity index (χ1) is 7.74. The normalized spacial score (nSPS) is 12.9. The molecule has 2 heterocycles. The molecule has 1 unspecified atom stereocenters. The highest BCUT2D eigenvalue weighted by atomic mass is 79.9. The maximum absolute atomic E-state index is 6.16. The largest absolute Gasteiger partial charge is 0.457 e. The molecule has 0 amide bonds. The molecule has 86 valence electrons. The number of thiophene rings is 1.